The van der Waals surface area contributed by atoms with Gasteiger partial charge in [0.15, 0.2) is 0 Å². The van der Waals surface area contributed by atoms with Crippen LogP contribution in [0.5, 0.6) is 11.6 Å². The molecule has 1 heterocycles. The van der Waals surface area contributed by atoms with Gasteiger partial charge in [0.2, 0.25) is 5.88 Å². The molecule has 0 spiro atoms. The number of aromatic nitrogens is 1. The molecule has 1 aliphatic carbocycles. The van der Waals surface area contributed by atoms with Crippen LogP contribution in [-0.2, 0) is 4.79 Å². The third-order valence-electron chi connectivity index (χ3n) is 4.66. The zero-order valence-corrected chi connectivity index (χ0v) is 15.7. The third-order valence-corrected chi connectivity index (χ3v) is 4.66. The molecule has 1 saturated carbocycles. The van der Waals surface area contributed by atoms with Crippen LogP contribution >= 0.6 is 0 Å². The largest absolute Gasteiger partial charge is 0.480 e. The Balaban J connectivity index is 1.47. The van der Waals surface area contributed by atoms with Crippen LogP contribution in [0.4, 0.5) is 10.5 Å². The molecule has 0 bridgehead atoms. The number of nitrogens with zero attached hydrogens (tertiary/aromatic N) is 2. The summed E-state index contributed by atoms with van der Waals surface area (Å²) in [5, 5.41) is 14.7. The van der Waals surface area contributed by atoms with Crippen molar-refractivity contribution >= 4 is 17.7 Å². The smallest absolute Gasteiger partial charge is 0.319 e. The number of likely N-dealkylation sites (N-methyl/N-ethyl adjacent to an activating group) is 1. The first kappa shape index (κ1) is 19.6. The number of anilines is 1. The van der Waals surface area contributed by atoms with E-state index in [9.17, 15) is 9.59 Å². The van der Waals surface area contributed by atoms with Crippen LogP contribution in [-0.4, -0.2) is 52.2 Å². The molecule has 28 heavy (non-hydrogen) atoms. The molecule has 0 saturated heterocycles. The molecule has 1 aliphatic rings. The number of hydrogen-bond donors (Lipinski definition) is 3. The summed E-state index contributed by atoms with van der Waals surface area (Å²) in [6, 6.07) is 12.4. The van der Waals surface area contributed by atoms with E-state index in [1.165, 1.54) is 0 Å². The van der Waals surface area contributed by atoms with Crippen LogP contribution in [0.1, 0.15) is 19.8 Å². The molecule has 0 unspecified atom stereocenters. The van der Waals surface area contributed by atoms with E-state index < -0.39 is 5.97 Å². The fourth-order valence-electron chi connectivity index (χ4n) is 3.19. The van der Waals surface area contributed by atoms with Gasteiger partial charge in [-0.15, -0.1) is 0 Å². The summed E-state index contributed by atoms with van der Waals surface area (Å²) >= 11 is 0. The van der Waals surface area contributed by atoms with Crippen LogP contribution in [0.2, 0.25) is 0 Å². The first-order valence-corrected chi connectivity index (χ1v) is 9.25. The SMILES string of the molecule is CCN(CC(=O)O)C1CC(NC(=O)Nc2cccc(Oc3ccccn3)c2)C1. The predicted molar refractivity (Wildman–Crippen MR) is 105 cm³/mol. The molecule has 3 rings (SSSR count). The zero-order valence-electron chi connectivity index (χ0n) is 15.7. The lowest BCUT2D eigenvalue weighted by Crippen LogP contribution is -2.55. The van der Waals surface area contributed by atoms with Gasteiger partial charge in [-0.2, -0.15) is 0 Å². The Morgan fingerprint density at radius 3 is 2.75 bits per heavy atom. The number of aliphatic carboxylic acids is 1. The minimum atomic E-state index is -0.830. The Labute approximate surface area is 163 Å². The number of pyridine rings is 1. The van der Waals surface area contributed by atoms with Crippen LogP contribution in [0.25, 0.3) is 0 Å². The molecule has 2 amide bonds. The highest BCUT2D eigenvalue weighted by atomic mass is 16.5. The molecule has 148 valence electrons. The highest BCUT2D eigenvalue weighted by Crippen LogP contribution is 2.26. The fraction of sp³-hybridized carbons (Fsp3) is 0.350. The number of rotatable bonds is 8. The number of nitrogens with one attached hydrogen (secondary N) is 2. The summed E-state index contributed by atoms with van der Waals surface area (Å²) in [6.45, 7) is 2.65. The maximum Gasteiger partial charge on any atom is 0.319 e. The van der Waals surface area contributed by atoms with Gasteiger partial charge in [-0.05, 0) is 37.6 Å². The molecule has 2 aromatic rings. The van der Waals surface area contributed by atoms with Gasteiger partial charge in [0.25, 0.3) is 0 Å². The lowest BCUT2D eigenvalue weighted by molar-refractivity contribution is -0.139. The number of carbonyl (C=O) groups is 2. The summed E-state index contributed by atoms with van der Waals surface area (Å²) in [5.41, 5.74) is 0.614. The second-order valence-electron chi connectivity index (χ2n) is 6.68. The number of carbonyl (C=O) groups excluding carboxylic acids is 1. The molecule has 3 N–H and O–H groups in total. The van der Waals surface area contributed by atoms with Crippen LogP contribution in [0.3, 0.4) is 0 Å². The Bertz CT molecular complexity index is 809. The first-order chi connectivity index (χ1) is 13.5. The maximum atomic E-state index is 12.2. The van der Waals surface area contributed by atoms with Crippen molar-refractivity contribution < 1.29 is 19.4 Å². The van der Waals surface area contributed by atoms with Gasteiger partial charge >= 0.3 is 12.0 Å². The summed E-state index contributed by atoms with van der Waals surface area (Å²) < 4.78 is 5.66. The highest BCUT2D eigenvalue weighted by Gasteiger charge is 2.34. The molecule has 1 fully saturated rings. The van der Waals surface area contributed by atoms with E-state index in [0.717, 1.165) is 12.8 Å². The number of carboxylic acids is 1. The van der Waals surface area contributed by atoms with Gasteiger partial charge in [0, 0.05) is 36.1 Å². The number of carboxylic acid groups (broad SMARTS) is 1. The van der Waals surface area contributed by atoms with Crippen molar-refractivity contribution in [3.8, 4) is 11.6 Å². The van der Waals surface area contributed by atoms with Gasteiger partial charge < -0.3 is 20.5 Å². The molecule has 1 aromatic carbocycles. The number of ether oxygens (including phenoxy) is 1. The topological polar surface area (TPSA) is 104 Å². The Morgan fingerprint density at radius 2 is 2.07 bits per heavy atom. The number of hydrogen-bond acceptors (Lipinski definition) is 5. The van der Waals surface area contributed by atoms with E-state index in [-0.39, 0.29) is 24.7 Å². The molecular weight excluding hydrogens is 360 g/mol. The summed E-state index contributed by atoms with van der Waals surface area (Å²) in [5.74, 6) is 0.225. The second kappa shape index (κ2) is 9.18. The molecule has 0 atom stereocenters. The van der Waals surface area contributed by atoms with Gasteiger partial charge in [-0.1, -0.05) is 19.1 Å². The van der Waals surface area contributed by atoms with Gasteiger partial charge in [-0.3, -0.25) is 9.69 Å². The van der Waals surface area contributed by atoms with E-state index in [1.807, 2.05) is 24.0 Å². The Hall–Kier alpha value is -3.13. The summed E-state index contributed by atoms with van der Waals surface area (Å²) in [6.07, 6.45) is 3.14. The lowest BCUT2D eigenvalue weighted by atomic mass is 9.85. The molecular formula is C20H24N4O4. The van der Waals surface area contributed by atoms with Crippen molar-refractivity contribution in [1.82, 2.24) is 15.2 Å². The molecule has 0 radical (unpaired) electrons. The minimum Gasteiger partial charge on any atom is -0.480 e. The van der Waals surface area contributed by atoms with Gasteiger partial charge in [0.1, 0.15) is 5.75 Å². The summed E-state index contributed by atoms with van der Waals surface area (Å²) in [4.78, 5) is 29.1. The standard InChI is InChI=1S/C20H24N4O4/c1-2-24(13-19(25)26)16-10-15(11-16)23-20(27)22-14-6-5-7-17(12-14)28-18-8-3-4-9-21-18/h3-9,12,15-16H,2,10-11,13H2,1H3,(H,25,26)(H2,22,23,27). The van der Waals surface area contributed by atoms with E-state index in [1.54, 1.807) is 36.5 Å². The van der Waals surface area contributed by atoms with Crippen molar-refractivity contribution in [3.05, 3.63) is 48.7 Å². The van der Waals surface area contributed by atoms with Crippen molar-refractivity contribution in [2.45, 2.75) is 31.8 Å². The normalized spacial score (nSPS) is 18.2. The molecule has 1 aromatic heterocycles. The van der Waals surface area contributed by atoms with E-state index in [2.05, 4.69) is 15.6 Å². The molecule has 0 aliphatic heterocycles. The minimum absolute atomic E-state index is 0.0309. The van der Waals surface area contributed by atoms with Gasteiger partial charge in [0.05, 0.1) is 6.54 Å². The first-order valence-electron chi connectivity index (χ1n) is 9.25. The van der Waals surface area contributed by atoms with E-state index in [4.69, 9.17) is 9.84 Å². The number of amides is 2. The third kappa shape index (κ3) is 5.43. The van der Waals surface area contributed by atoms with Crippen molar-refractivity contribution in [1.29, 1.82) is 0 Å². The molecule has 8 nitrogen and oxygen atoms in total. The fourth-order valence-corrected chi connectivity index (χ4v) is 3.19. The Kier molecular flexibility index (Phi) is 6.44. The average Bonchev–Trinajstić information content (AvgIpc) is 2.63. The maximum absolute atomic E-state index is 12.2. The zero-order chi connectivity index (χ0) is 19.9. The van der Waals surface area contributed by atoms with Gasteiger partial charge in [-0.25, -0.2) is 9.78 Å². The van der Waals surface area contributed by atoms with Crippen LogP contribution < -0.4 is 15.4 Å². The quantitative estimate of drug-likeness (QED) is 0.646. The Morgan fingerprint density at radius 1 is 1.25 bits per heavy atom. The van der Waals surface area contributed by atoms with Crippen LogP contribution in [0, 0.1) is 0 Å². The predicted octanol–water partition coefficient (Wildman–Crippen LogP) is 2.93. The van der Waals surface area contributed by atoms with Crippen molar-refractivity contribution in [2.75, 3.05) is 18.4 Å². The number of urea groups is 1. The van der Waals surface area contributed by atoms with Crippen molar-refractivity contribution in [2.24, 2.45) is 0 Å². The average molecular weight is 384 g/mol. The van der Waals surface area contributed by atoms with Crippen molar-refractivity contribution in [3.63, 3.8) is 0 Å². The number of benzene rings is 1. The van der Waals surface area contributed by atoms with E-state index >= 15 is 0 Å². The highest BCUT2D eigenvalue weighted by molar-refractivity contribution is 5.89. The monoisotopic (exact) mass is 384 g/mol. The summed E-state index contributed by atoms with van der Waals surface area (Å²) in [7, 11) is 0. The van der Waals surface area contributed by atoms with E-state index in [0.29, 0.717) is 23.9 Å². The lowest BCUT2D eigenvalue weighted by Gasteiger charge is -2.42. The second-order valence-corrected chi connectivity index (χ2v) is 6.68. The molecule has 8 heteroatoms. The van der Waals surface area contributed by atoms with Crippen LogP contribution in [0.15, 0.2) is 48.7 Å².